The standard InChI is InChI=1S/C13H10ClN3/c14-12-2-1-10(6-16)13(4-12)11-3-9(5-15)7-17-8-11/h1-4,7-8H,6,16H2. The number of halogens is 1. The molecule has 2 N–H and O–H groups in total. The third-order valence-corrected chi connectivity index (χ3v) is 2.71. The van der Waals surface area contributed by atoms with E-state index in [1.165, 1.54) is 6.20 Å². The second-order valence-electron chi connectivity index (χ2n) is 3.58. The Labute approximate surface area is 104 Å². The molecule has 0 saturated carbocycles. The molecule has 0 atom stereocenters. The van der Waals surface area contributed by atoms with Gasteiger partial charge in [-0.25, -0.2) is 0 Å². The maximum Gasteiger partial charge on any atom is 0.101 e. The highest BCUT2D eigenvalue weighted by molar-refractivity contribution is 6.30. The van der Waals surface area contributed by atoms with Crippen molar-refractivity contribution in [2.75, 3.05) is 0 Å². The van der Waals surface area contributed by atoms with Crippen molar-refractivity contribution in [3.63, 3.8) is 0 Å². The summed E-state index contributed by atoms with van der Waals surface area (Å²) in [4.78, 5) is 4.03. The van der Waals surface area contributed by atoms with Gasteiger partial charge in [0.2, 0.25) is 0 Å². The fourth-order valence-electron chi connectivity index (χ4n) is 1.64. The summed E-state index contributed by atoms with van der Waals surface area (Å²) in [6, 6.07) is 9.36. The topological polar surface area (TPSA) is 62.7 Å². The summed E-state index contributed by atoms with van der Waals surface area (Å²) >= 11 is 5.97. The van der Waals surface area contributed by atoms with Crippen molar-refractivity contribution < 1.29 is 0 Å². The summed E-state index contributed by atoms with van der Waals surface area (Å²) in [6.45, 7) is 0.420. The molecule has 84 valence electrons. The van der Waals surface area contributed by atoms with Crippen LogP contribution in [-0.4, -0.2) is 4.98 Å². The van der Waals surface area contributed by atoms with Crippen LogP contribution in [0.15, 0.2) is 36.7 Å². The molecule has 17 heavy (non-hydrogen) atoms. The van der Waals surface area contributed by atoms with Gasteiger partial charge in [0.05, 0.1) is 5.56 Å². The molecule has 0 aliphatic rings. The molecule has 0 spiro atoms. The highest BCUT2D eigenvalue weighted by atomic mass is 35.5. The number of hydrogen-bond acceptors (Lipinski definition) is 3. The average Bonchev–Trinajstić information content (AvgIpc) is 2.39. The molecule has 3 nitrogen and oxygen atoms in total. The molecule has 0 aliphatic carbocycles. The van der Waals surface area contributed by atoms with E-state index in [-0.39, 0.29) is 0 Å². The molecule has 1 heterocycles. The van der Waals surface area contributed by atoms with Gasteiger partial charge in [0.15, 0.2) is 0 Å². The van der Waals surface area contributed by atoms with E-state index in [0.29, 0.717) is 17.1 Å². The van der Waals surface area contributed by atoms with Crippen LogP contribution in [0.2, 0.25) is 5.02 Å². The average molecular weight is 244 g/mol. The highest BCUT2D eigenvalue weighted by Crippen LogP contribution is 2.26. The number of nitriles is 1. The van der Waals surface area contributed by atoms with E-state index in [4.69, 9.17) is 22.6 Å². The summed E-state index contributed by atoms with van der Waals surface area (Å²) in [5.41, 5.74) is 8.95. The first-order valence-corrected chi connectivity index (χ1v) is 5.46. The van der Waals surface area contributed by atoms with Crippen molar-refractivity contribution in [2.45, 2.75) is 6.54 Å². The van der Waals surface area contributed by atoms with Gasteiger partial charge in [0.25, 0.3) is 0 Å². The minimum absolute atomic E-state index is 0.420. The highest BCUT2D eigenvalue weighted by Gasteiger charge is 2.06. The Morgan fingerprint density at radius 3 is 2.82 bits per heavy atom. The first kappa shape index (κ1) is 11.6. The van der Waals surface area contributed by atoms with Crippen molar-refractivity contribution >= 4 is 11.6 Å². The lowest BCUT2D eigenvalue weighted by Crippen LogP contribution is -1.99. The van der Waals surface area contributed by atoms with Crippen LogP contribution in [0, 0.1) is 11.3 Å². The van der Waals surface area contributed by atoms with Gasteiger partial charge in [-0.3, -0.25) is 4.98 Å². The van der Waals surface area contributed by atoms with Gasteiger partial charge in [0, 0.05) is 29.5 Å². The SMILES string of the molecule is N#Cc1cncc(-c2cc(Cl)ccc2CN)c1. The number of nitrogens with zero attached hydrogens (tertiary/aromatic N) is 2. The smallest absolute Gasteiger partial charge is 0.101 e. The van der Waals surface area contributed by atoms with Gasteiger partial charge >= 0.3 is 0 Å². The second kappa shape index (κ2) is 4.96. The summed E-state index contributed by atoms with van der Waals surface area (Å²) in [6.07, 6.45) is 3.22. The Bertz CT molecular complexity index is 587. The van der Waals surface area contributed by atoms with Gasteiger partial charge in [-0.1, -0.05) is 17.7 Å². The zero-order valence-electron chi connectivity index (χ0n) is 9.02. The number of pyridine rings is 1. The quantitative estimate of drug-likeness (QED) is 0.882. The summed E-state index contributed by atoms with van der Waals surface area (Å²) in [5, 5.41) is 9.49. The van der Waals surface area contributed by atoms with Crippen LogP contribution in [0.3, 0.4) is 0 Å². The number of benzene rings is 1. The van der Waals surface area contributed by atoms with E-state index in [0.717, 1.165) is 16.7 Å². The van der Waals surface area contributed by atoms with Gasteiger partial charge in [-0.15, -0.1) is 0 Å². The zero-order chi connectivity index (χ0) is 12.3. The van der Waals surface area contributed by atoms with Gasteiger partial charge in [-0.2, -0.15) is 5.26 Å². The van der Waals surface area contributed by atoms with E-state index in [1.54, 1.807) is 18.3 Å². The first-order chi connectivity index (χ1) is 8.24. The third-order valence-electron chi connectivity index (χ3n) is 2.47. The predicted molar refractivity (Wildman–Crippen MR) is 67.3 cm³/mol. The van der Waals surface area contributed by atoms with Crippen molar-refractivity contribution in [2.24, 2.45) is 5.73 Å². The maximum atomic E-state index is 8.85. The third kappa shape index (κ3) is 2.44. The normalized spacial score (nSPS) is 9.94. The van der Waals surface area contributed by atoms with Gasteiger partial charge in [0.1, 0.15) is 6.07 Å². The van der Waals surface area contributed by atoms with Crippen LogP contribution in [0.25, 0.3) is 11.1 Å². The summed E-state index contributed by atoms with van der Waals surface area (Å²) in [5.74, 6) is 0. The number of rotatable bonds is 2. The van der Waals surface area contributed by atoms with E-state index in [9.17, 15) is 0 Å². The Hall–Kier alpha value is -1.89. The van der Waals surface area contributed by atoms with Crippen molar-refractivity contribution in [3.8, 4) is 17.2 Å². The van der Waals surface area contributed by atoms with Gasteiger partial charge < -0.3 is 5.73 Å². The van der Waals surface area contributed by atoms with Crippen LogP contribution in [0.4, 0.5) is 0 Å². The minimum Gasteiger partial charge on any atom is -0.326 e. The van der Waals surface area contributed by atoms with Crippen LogP contribution < -0.4 is 5.73 Å². The van der Waals surface area contributed by atoms with Crippen molar-refractivity contribution in [3.05, 3.63) is 52.8 Å². The van der Waals surface area contributed by atoms with Crippen molar-refractivity contribution in [1.29, 1.82) is 5.26 Å². The number of nitrogens with two attached hydrogens (primary N) is 1. The van der Waals surface area contributed by atoms with Gasteiger partial charge in [-0.05, 0) is 29.3 Å². The molecule has 1 aromatic heterocycles. The molecule has 0 aliphatic heterocycles. The molecule has 1 aromatic carbocycles. The minimum atomic E-state index is 0.420. The van der Waals surface area contributed by atoms with E-state index in [1.807, 2.05) is 12.1 Å². The molecule has 0 fully saturated rings. The lowest BCUT2D eigenvalue weighted by molar-refractivity contribution is 1.07. The lowest BCUT2D eigenvalue weighted by atomic mass is 10.0. The molecule has 0 saturated heterocycles. The van der Waals surface area contributed by atoms with E-state index in [2.05, 4.69) is 11.1 Å². The predicted octanol–water partition coefficient (Wildman–Crippen LogP) is 2.73. The lowest BCUT2D eigenvalue weighted by Gasteiger charge is -2.08. The van der Waals surface area contributed by atoms with Crippen LogP contribution in [0.1, 0.15) is 11.1 Å². The fraction of sp³-hybridized carbons (Fsp3) is 0.0769. The molecule has 0 radical (unpaired) electrons. The first-order valence-electron chi connectivity index (χ1n) is 5.08. The Kier molecular flexibility index (Phi) is 3.38. The molecule has 0 unspecified atom stereocenters. The van der Waals surface area contributed by atoms with Crippen LogP contribution in [-0.2, 0) is 6.54 Å². The van der Waals surface area contributed by atoms with Crippen LogP contribution >= 0.6 is 11.6 Å². The number of hydrogen-bond donors (Lipinski definition) is 1. The monoisotopic (exact) mass is 243 g/mol. The molecule has 0 amide bonds. The molecular formula is C13H10ClN3. The van der Waals surface area contributed by atoms with E-state index < -0.39 is 0 Å². The summed E-state index contributed by atoms with van der Waals surface area (Å²) < 4.78 is 0. The van der Waals surface area contributed by atoms with E-state index >= 15 is 0 Å². The van der Waals surface area contributed by atoms with Crippen molar-refractivity contribution in [1.82, 2.24) is 4.98 Å². The molecule has 2 rings (SSSR count). The second-order valence-corrected chi connectivity index (χ2v) is 4.02. The summed E-state index contributed by atoms with van der Waals surface area (Å²) in [7, 11) is 0. The van der Waals surface area contributed by atoms with Crippen LogP contribution in [0.5, 0.6) is 0 Å². The molecule has 0 bridgehead atoms. The fourth-order valence-corrected chi connectivity index (χ4v) is 1.82. The number of aromatic nitrogens is 1. The molecular weight excluding hydrogens is 234 g/mol. The zero-order valence-corrected chi connectivity index (χ0v) is 9.78. The molecule has 4 heteroatoms. The Morgan fingerprint density at radius 1 is 1.29 bits per heavy atom. The largest absolute Gasteiger partial charge is 0.326 e. The Morgan fingerprint density at radius 2 is 2.12 bits per heavy atom. The Balaban J connectivity index is 2.59. The maximum absolute atomic E-state index is 8.85. The molecule has 2 aromatic rings.